The predicted molar refractivity (Wildman–Crippen MR) is 123 cm³/mol. The maximum absolute atomic E-state index is 12.4. The zero-order chi connectivity index (χ0) is 23.4. The van der Waals surface area contributed by atoms with E-state index in [1.165, 1.54) is 18.3 Å². The summed E-state index contributed by atoms with van der Waals surface area (Å²) < 4.78 is 5.76. The van der Waals surface area contributed by atoms with Gasteiger partial charge in [0.05, 0.1) is 26.2 Å². The molecule has 0 saturated heterocycles. The topological polar surface area (TPSA) is 104 Å². The number of urea groups is 1. The van der Waals surface area contributed by atoms with Crippen LogP contribution in [0.5, 0.6) is 11.6 Å². The van der Waals surface area contributed by atoms with Crippen LogP contribution in [0.15, 0.2) is 42.6 Å². The van der Waals surface area contributed by atoms with Gasteiger partial charge in [-0.25, -0.2) is 9.78 Å². The van der Waals surface area contributed by atoms with Gasteiger partial charge in [0.1, 0.15) is 6.07 Å². The number of halogens is 3. The zero-order valence-corrected chi connectivity index (χ0v) is 19.1. The first-order valence-corrected chi connectivity index (χ1v) is 10.2. The van der Waals surface area contributed by atoms with Crippen molar-refractivity contribution in [2.45, 2.75) is 13.8 Å². The number of aromatic nitrogens is 1. The smallest absolute Gasteiger partial charge is 0.326 e. The molecule has 162 valence electrons. The second-order valence-corrected chi connectivity index (χ2v) is 7.81. The minimum atomic E-state index is -0.785. The number of nitrogens with zero attached hydrogens (tertiary/aromatic N) is 2. The highest BCUT2D eigenvalue weighted by Gasteiger charge is 2.19. The number of pyridine rings is 1. The lowest BCUT2D eigenvalue weighted by Gasteiger charge is -2.16. The van der Waals surface area contributed by atoms with Crippen LogP contribution in [0.2, 0.25) is 15.1 Å². The van der Waals surface area contributed by atoms with Crippen LogP contribution in [0.25, 0.3) is 0 Å². The van der Waals surface area contributed by atoms with Gasteiger partial charge in [0.2, 0.25) is 5.88 Å². The van der Waals surface area contributed by atoms with Crippen molar-refractivity contribution in [3.8, 4) is 17.7 Å². The molecule has 1 aromatic heterocycles. The van der Waals surface area contributed by atoms with Crippen LogP contribution in [0.1, 0.15) is 27.0 Å². The van der Waals surface area contributed by atoms with Crippen molar-refractivity contribution in [3.05, 3.63) is 79.9 Å². The first-order valence-electron chi connectivity index (χ1n) is 9.11. The van der Waals surface area contributed by atoms with E-state index in [2.05, 4.69) is 15.6 Å². The number of nitrogens with one attached hydrogen (secondary N) is 2. The lowest BCUT2D eigenvalue weighted by Crippen LogP contribution is -2.34. The number of rotatable bonds is 4. The molecule has 0 unspecified atom stereocenters. The molecule has 0 saturated carbocycles. The van der Waals surface area contributed by atoms with Crippen LogP contribution < -0.4 is 15.4 Å². The van der Waals surface area contributed by atoms with Gasteiger partial charge in [-0.15, -0.1) is 0 Å². The van der Waals surface area contributed by atoms with Crippen molar-refractivity contribution in [3.63, 3.8) is 0 Å². The number of imide groups is 1. The SMILES string of the molecule is Cc1cc(NC(=O)NC(=O)c2c(Cl)cccc2Cl)c(C)c(Cl)c1Oc1ccc(C#N)cn1. The van der Waals surface area contributed by atoms with E-state index in [4.69, 9.17) is 44.8 Å². The van der Waals surface area contributed by atoms with Crippen LogP contribution in [0.3, 0.4) is 0 Å². The van der Waals surface area contributed by atoms with Crippen LogP contribution in [-0.4, -0.2) is 16.9 Å². The predicted octanol–water partition coefficient (Wildman–Crippen LogP) is 6.28. The third-order valence-electron chi connectivity index (χ3n) is 4.39. The third kappa shape index (κ3) is 5.11. The van der Waals surface area contributed by atoms with Gasteiger partial charge in [-0.3, -0.25) is 10.1 Å². The summed E-state index contributed by atoms with van der Waals surface area (Å²) >= 11 is 18.5. The fraction of sp³-hybridized carbons (Fsp3) is 0.0909. The van der Waals surface area contributed by atoms with Crippen molar-refractivity contribution in [2.24, 2.45) is 0 Å². The number of amides is 3. The number of nitriles is 1. The summed E-state index contributed by atoms with van der Waals surface area (Å²) in [6.07, 6.45) is 1.38. The number of ether oxygens (including phenoxy) is 1. The van der Waals surface area contributed by atoms with Crippen LogP contribution in [0.4, 0.5) is 10.5 Å². The number of hydrogen-bond acceptors (Lipinski definition) is 5. The number of benzene rings is 2. The van der Waals surface area contributed by atoms with Gasteiger partial charge < -0.3 is 10.1 Å². The fourth-order valence-electron chi connectivity index (χ4n) is 2.75. The molecule has 2 aromatic carbocycles. The summed E-state index contributed by atoms with van der Waals surface area (Å²) in [6, 6.07) is 10.5. The average molecular weight is 490 g/mol. The molecule has 0 aliphatic carbocycles. The Kier molecular flexibility index (Phi) is 7.21. The molecule has 0 fully saturated rings. The summed E-state index contributed by atoms with van der Waals surface area (Å²) in [5.41, 5.74) is 1.90. The van der Waals surface area contributed by atoms with E-state index in [9.17, 15) is 9.59 Å². The Morgan fingerprint density at radius 3 is 2.38 bits per heavy atom. The normalized spacial score (nSPS) is 10.2. The highest BCUT2D eigenvalue weighted by atomic mass is 35.5. The Bertz CT molecular complexity index is 1230. The molecule has 3 amide bonds. The molecular formula is C22H15Cl3N4O3. The molecule has 0 aliphatic rings. The van der Waals surface area contributed by atoms with Crippen molar-refractivity contribution in [1.29, 1.82) is 5.26 Å². The van der Waals surface area contributed by atoms with Crippen molar-refractivity contribution in [2.75, 3.05) is 5.32 Å². The Balaban J connectivity index is 1.78. The molecule has 3 rings (SSSR count). The third-order valence-corrected chi connectivity index (χ3v) is 5.47. The van der Waals surface area contributed by atoms with Gasteiger partial charge in [-0.2, -0.15) is 5.26 Å². The molecular weight excluding hydrogens is 475 g/mol. The summed E-state index contributed by atoms with van der Waals surface area (Å²) in [7, 11) is 0. The first-order chi connectivity index (χ1) is 15.2. The van der Waals surface area contributed by atoms with Crippen molar-refractivity contribution < 1.29 is 14.3 Å². The number of aryl methyl sites for hydroxylation is 1. The van der Waals surface area contributed by atoms with Crippen LogP contribution in [0, 0.1) is 25.2 Å². The second kappa shape index (κ2) is 9.88. The molecule has 0 radical (unpaired) electrons. The van der Waals surface area contributed by atoms with Gasteiger partial charge in [-0.05, 0) is 49.2 Å². The summed E-state index contributed by atoms with van der Waals surface area (Å²) in [5, 5.41) is 14.1. The van der Waals surface area contributed by atoms with Gasteiger partial charge in [0.25, 0.3) is 5.91 Å². The van der Waals surface area contributed by atoms with E-state index in [-0.39, 0.29) is 26.5 Å². The summed E-state index contributed by atoms with van der Waals surface area (Å²) in [4.78, 5) is 28.8. The lowest BCUT2D eigenvalue weighted by molar-refractivity contribution is 0.0967. The van der Waals surface area contributed by atoms with E-state index in [1.807, 2.05) is 6.07 Å². The average Bonchev–Trinajstić information content (AvgIpc) is 2.75. The molecule has 0 bridgehead atoms. The maximum atomic E-state index is 12.4. The zero-order valence-electron chi connectivity index (χ0n) is 16.8. The standard InChI is InChI=1S/C22H15Cl3N4O3/c1-11-8-16(28-22(31)29-21(30)18-14(23)4-3-5-15(18)24)12(2)19(25)20(11)32-17-7-6-13(9-26)10-27-17/h3-8,10H,1-2H3,(H2,28,29,30,31). The molecule has 0 spiro atoms. The Morgan fingerprint density at radius 2 is 1.78 bits per heavy atom. The largest absolute Gasteiger partial charge is 0.437 e. The first kappa shape index (κ1) is 23.4. The Morgan fingerprint density at radius 1 is 1.09 bits per heavy atom. The number of carbonyl (C=O) groups is 2. The van der Waals surface area contributed by atoms with Crippen LogP contribution >= 0.6 is 34.8 Å². The second-order valence-electron chi connectivity index (χ2n) is 6.61. The monoisotopic (exact) mass is 488 g/mol. The van der Waals surface area contributed by atoms with Gasteiger partial charge >= 0.3 is 6.03 Å². The van der Waals surface area contributed by atoms with E-state index >= 15 is 0 Å². The summed E-state index contributed by atoms with van der Waals surface area (Å²) in [6.45, 7) is 3.42. The Labute approximate surface area is 198 Å². The lowest BCUT2D eigenvalue weighted by atomic mass is 10.1. The minimum absolute atomic E-state index is 0.00409. The van der Waals surface area contributed by atoms with Crippen molar-refractivity contribution >= 4 is 52.4 Å². The molecule has 10 heteroatoms. The number of hydrogen-bond donors (Lipinski definition) is 2. The molecule has 32 heavy (non-hydrogen) atoms. The van der Waals surface area contributed by atoms with Gasteiger partial charge in [0.15, 0.2) is 5.75 Å². The van der Waals surface area contributed by atoms with E-state index in [1.54, 1.807) is 38.1 Å². The molecule has 7 nitrogen and oxygen atoms in total. The molecule has 0 aliphatic heterocycles. The summed E-state index contributed by atoms with van der Waals surface area (Å²) in [5.74, 6) is -0.134. The van der Waals surface area contributed by atoms with E-state index in [0.717, 1.165) is 0 Å². The Hall–Kier alpha value is -3.31. The fourth-order valence-corrected chi connectivity index (χ4v) is 3.61. The molecule has 1 heterocycles. The minimum Gasteiger partial charge on any atom is -0.437 e. The van der Waals surface area contributed by atoms with E-state index in [0.29, 0.717) is 28.1 Å². The van der Waals surface area contributed by atoms with Gasteiger partial charge in [0, 0.05) is 18.0 Å². The number of carbonyl (C=O) groups excluding carboxylic acids is 2. The quantitative estimate of drug-likeness (QED) is 0.448. The molecule has 2 N–H and O–H groups in total. The van der Waals surface area contributed by atoms with Crippen molar-refractivity contribution in [1.82, 2.24) is 10.3 Å². The highest BCUT2D eigenvalue weighted by molar-refractivity contribution is 6.40. The van der Waals surface area contributed by atoms with Crippen LogP contribution in [-0.2, 0) is 0 Å². The highest BCUT2D eigenvalue weighted by Crippen LogP contribution is 2.38. The number of anilines is 1. The molecule has 3 aromatic rings. The van der Waals surface area contributed by atoms with E-state index < -0.39 is 11.9 Å². The molecule has 0 atom stereocenters. The van der Waals surface area contributed by atoms with Gasteiger partial charge in [-0.1, -0.05) is 40.9 Å². The maximum Gasteiger partial charge on any atom is 0.326 e.